The van der Waals surface area contributed by atoms with E-state index in [2.05, 4.69) is 0 Å². The number of hydrogen-bond acceptors (Lipinski definition) is 3. The molecule has 1 aromatic carbocycles. The van der Waals surface area contributed by atoms with Gasteiger partial charge in [-0.15, -0.1) is 0 Å². The lowest BCUT2D eigenvalue weighted by Gasteiger charge is -2.31. The molecule has 1 saturated heterocycles. The maximum atomic E-state index is 12.0. The molecule has 2 amide bonds. The molecule has 1 fully saturated rings. The molecule has 0 radical (unpaired) electrons. The fraction of sp³-hybridized carbons (Fsp3) is 0.429. The lowest BCUT2D eigenvalue weighted by Crippen LogP contribution is -2.53. The number of carbonyl (C=O) groups excluding carboxylic acids is 2. The lowest BCUT2D eigenvalue weighted by molar-refractivity contribution is -0.145. The quantitative estimate of drug-likeness (QED) is 0.800. The largest absolute Gasteiger partial charge is 0.336 e. The Hall–Kier alpha value is -1.88. The number of hydrogen-bond donors (Lipinski definition) is 1. The van der Waals surface area contributed by atoms with Crippen LogP contribution in [0.1, 0.15) is 12.5 Å². The Morgan fingerprint density at radius 2 is 2.00 bits per heavy atom. The molecular weight excluding hydrogens is 242 g/mol. The zero-order valence-corrected chi connectivity index (χ0v) is 11.3. The first-order chi connectivity index (χ1) is 8.99. The van der Waals surface area contributed by atoms with Crippen LogP contribution in [0.15, 0.2) is 24.3 Å². The highest BCUT2D eigenvalue weighted by Crippen LogP contribution is 2.19. The van der Waals surface area contributed by atoms with Crippen molar-refractivity contribution in [1.82, 2.24) is 4.90 Å². The Balaban J connectivity index is 2.22. The SMILES string of the molecule is CC(N)Cc1cccc(N2CCN(C)C(=O)C2=O)c1. The highest BCUT2D eigenvalue weighted by molar-refractivity contribution is 6.40. The maximum Gasteiger partial charge on any atom is 0.316 e. The lowest BCUT2D eigenvalue weighted by atomic mass is 10.1. The monoisotopic (exact) mass is 261 g/mol. The molecule has 0 spiro atoms. The van der Waals surface area contributed by atoms with Gasteiger partial charge in [0.1, 0.15) is 0 Å². The number of rotatable bonds is 3. The molecule has 0 bridgehead atoms. The van der Waals surface area contributed by atoms with Gasteiger partial charge in [0, 0.05) is 31.9 Å². The first kappa shape index (κ1) is 13.5. The molecule has 1 aliphatic heterocycles. The van der Waals surface area contributed by atoms with Crippen LogP contribution in [0.2, 0.25) is 0 Å². The molecule has 0 aromatic heterocycles. The number of benzene rings is 1. The minimum absolute atomic E-state index is 0.0695. The van der Waals surface area contributed by atoms with Crippen LogP contribution < -0.4 is 10.6 Å². The number of piperazine rings is 1. The van der Waals surface area contributed by atoms with Gasteiger partial charge in [0.25, 0.3) is 0 Å². The smallest absolute Gasteiger partial charge is 0.316 e. The fourth-order valence-electron chi connectivity index (χ4n) is 2.20. The molecular formula is C14H19N3O2. The van der Waals surface area contributed by atoms with Crippen molar-refractivity contribution in [1.29, 1.82) is 0 Å². The first-order valence-corrected chi connectivity index (χ1v) is 6.40. The summed E-state index contributed by atoms with van der Waals surface area (Å²) >= 11 is 0. The third-order valence-electron chi connectivity index (χ3n) is 3.21. The third kappa shape index (κ3) is 2.93. The molecule has 0 saturated carbocycles. The second-order valence-electron chi connectivity index (χ2n) is 5.03. The molecule has 1 atom stereocenters. The van der Waals surface area contributed by atoms with Crippen molar-refractivity contribution in [3.63, 3.8) is 0 Å². The van der Waals surface area contributed by atoms with Crippen molar-refractivity contribution in [3.05, 3.63) is 29.8 Å². The van der Waals surface area contributed by atoms with Gasteiger partial charge in [-0.1, -0.05) is 12.1 Å². The molecule has 19 heavy (non-hydrogen) atoms. The molecule has 5 nitrogen and oxygen atoms in total. The van der Waals surface area contributed by atoms with E-state index in [4.69, 9.17) is 5.73 Å². The number of likely N-dealkylation sites (N-methyl/N-ethyl adjacent to an activating group) is 1. The summed E-state index contributed by atoms with van der Waals surface area (Å²) in [6.45, 7) is 3.03. The van der Waals surface area contributed by atoms with Gasteiger partial charge in [-0.05, 0) is 31.0 Å². The van der Waals surface area contributed by atoms with Crippen molar-refractivity contribution in [2.45, 2.75) is 19.4 Å². The summed E-state index contributed by atoms with van der Waals surface area (Å²) in [5.41, 5.74) is 7.62. The number of amides is 2. The highest BCUT2D eigenvalue weighted by atomic mass is 16.2. The Morgan fingerprint density at radius 3 is 2.68 bits per heavy atom. The Morgan fingerprint density at radius 1 is 1.26 bits per heavy atom. The minimum atomic E-state index is -0.466. The third-order valence-corrected chi connectivity index (χ3v) is 3.21. The van der Waals surface area contributed by atoms with E-state index in [1.165, 1.54) is 9.80 Å². The van der Waals surface area contributed by atoms with E-state index in [0.717, 1.165) is 17.7 Å². The van der Waals surface area contributed by atoms with Gasteiger partial charge in [-0.25, -0.2) is 0 Å². The van der Waals surface area contributed by atoms with Crippen LogP contribution in [0.4, 0.5) is 5.69 Å². The van der Waals surface area contributed by atoms with Crippen LogP contribution in [-0.4, -0.2) is 42.9 Å². The van der Waals surface area contributed by atoms with Crippen LogP contribution in [0.5, 0.6) is 0 Å². The van der Waals surface area contributed by atoms with Crippen LogP contribution in [0, 0.1) is 0 Å². The van der Waals surface area contributed by atoms with Gasteiger partial charge in [0.15, 0.2) is 0 Å². The van der Waals surface area contributed by atoms with Crippen molar-refractivity contribution >= 4 is 17.5 Å². The van der Waals surface area contributed by atoms with Crippen LogP contribution >= 0.6 is 0 Å². The maximum absolute atomic E-state index is 12.0. The first-order valence-electron chi connectivity index (χ1n) is 6.40. The van der Waals surface area contributed by atoms with E-state index < -0.39 is 11.8 Å². The van der Waals surface area contributed by atoms with Gasteiger partial charge >= 0.3 is 11.8 Å². The molecule has 0 aliphatic carbocycles. The molecule has 2 rings (SSSR count). The molecule has 1 aliphatic rings. The van der Waals surface area contributed by atoms with Gasteiger partial charge in [0.2, 0.25) is 0 Å². The van der Waals surface area contributed by atoms with E-state index in [0.29, 0.717) is 13.1 Å². The molecule has 1 heterocycles. The van der Waals surface area contributed by atoms with Crippen molar-refractivity contribution < 1.29 is 9.59 Å². The summed E-state index contributed by atoms with van der Waals surface area (Å²) in [6.07, 6.45) is 0.754. The van der Waals surface area contributed by atoms with Crippen LogP contribution in [0.25, 0.3) is 0 Å². The van der Waals surface area contributed by atoms with E-state index in [1.54, 1.807) is 7.05 Å². The van der Waals surface area contributed by atoms with Gasteiger partial charge in [-0.2, -0.15) is 0 Å². The topological polar surface area (TPSA) is 66.6 Å². The summed E-state index contributed by atoms with van der Waals surface area (Å²) in [4.78, 5) is 26.6. The Labute approximate surface area is 113 Å². The second kappa shape index (κ2) is 5.40. The van der Waals surface area contributed by atoms with Crippen molar-refractivity contribution in [2.24, 2.45) is 5.73 Å². The van der Waals surface area contributed by atoms with E-state index in [9.17, 15) is 9.59 Å². The predicted molar refractivity (Wildman–Crippen MR) is 73.8 cm³/mol. The molecule has 102 valence electrons. The molecule has 1 unspecified atom stereocenters. The fourth-order valence-corrected chi connectivity index (χ4v) is 2.20. The second-order valence-corrected chi connectivity index (χ2v) is 5.03. The predicted octanol–water partition coefficient (Wildman–Crippen LogP) is 0.381. The van der Waals surface area contributed by atoms with E-state index in [1.807, 2.05) is 31.2 Å². The number of anilines is 1. The van der Waals surface area contributed by atoms with Crippen LogP contribution in [-0.2, 0) is 16.0 Å². The minimum Gasteiger partial charge on any atom is -0.336 e. The standard InChI is InChI=1S/C14H19N3O2/c1-10(15)8-11-4-3-5-12(9-11)17-7-6-16(2)13(18)14(17)19/h3-5,9-10H,6-8,15H2,1-2H3. The summed E-state index contributed by atoms with van der Waals surface area (Å²) in [5, 5.41) is 0. The van der Waals surface area contributed by atoms with E-state index >= 15 is 0 Å². The zero-order chi connectivity index (χ0) is 14.0. The number of nitrogens with zero attached hydrogens (tertiary/aromatic N) is 2. The van der Waals surface area contributed by atoms with E-state index in [-0.39, 0.29) is 6.04 Å². The van der Waals surface area contributed by atoms with Crippen molar-refractivity contribution in [2.75, 3.05) is 25.0 Å². The normalized spacial score (nSPS) is 17.8. The van der Waals surface area contributed by atoms with Gasteiger partial charge in [0.05, 0.1) is 0 Å². The van der Waals surface area contributed by atoms with Gasteiger partial charge in [-0.3, -0.25) is 9.59 Å². The molecule has 1 aromatic rings. The summed E-state index contributed by atoms with van der Waals surface area (Å²) < 4.78 is 0. The highest BCUT2D eigenvalue weighted by Gasteiger charge is 2.31. The Bertz CT molecular complexity index is 499. The zero-order valence-electron chi connectivity index (χ0n) is 11.3. The van der Waals surface area contributed by atoms with Crippen molar-refractivity contribution in [3.8, 4) is 0 Å². The Kier molecular flexibility index (Phi) is 3.85. The van der Waals surface area contributed by atoms with Crippen LogP contribution in [0.3, 0.4) is 0 Å². The molecule has 5 heteroatoms. The summed E-state index contributed by atoms with van der Waals surface area (Å²) in [5.74, 6) is -0.921. The average molecular weight is 261 g/mol. The van der Waals surface area contributed by atoms with Gasteiger partial charge < -0.3 is 15.5 Å². The summed E-state index contributed by atoms with van der Waals surface area (Å²) in [7, 11) is 1.64. The summed E-state index contributed by atoms with van der Waals surface area (Å²) in [6, 6.07) is 7.72. The number of carbonyl (C=O) groups is 2. The number of nitrogens with two attached hydrogens (primary N) is 1. The molecule has 2 N–H and O–H groups in total. The average Bonchev–Trinajstić information content (AvgIpc) is 2.36.